The maximum Gasteiger partial charge on any atom is 0.262 e. The first-order chi connectivity index (χ1) is 12.4. The van der Waals surface area contributed by atoms with E-state index < -0.39 is 23.8 Å². The van der Waals surface area contributed by atoms with Gasteiger partial charge in [-0.2, -0.15) is 0 Å². The van der Waals surface area contributed by atoms with Gasteiger partial charge in [0.1, 0.15) is 6.04 Å². The van der Waals surface area contributed by atoms with Gasteiger partial charge in [-0.1, -0.05) is 43.6 Å². The van der Waals surface area contributed by atoms with Crippen molar-refractivity contribution in [1.29, 1.82) is 0 Å². The van der Waals surface area contributed by atoms with Crippen molar-refractivity contribution < 1.29 is 14.4 Å². The first-order valence-electron chi connectivity index (χ1n) is 8.42. The van der Waals surface area contributed by atoms with E-state index in [0.29, 0.717) is 28.3 Å². The van der Waals surface area contributed by atoms with Crippen LogP contribution in [0.2, 0.25) is 5.02 Å². The summed E-state index contributed by atoms with van der Waals surface area (Å²) in [7, 11) is 0. The Kier molecular flexibility index (Phi) is 5.09. The lowest BCUT2D eigenvalue weighted by Crippen LogP contribution is -2.47. The van der Waals surface area contributed by atoms with Crippen LogP contribution in [-0.4, -0.2) is 28.7 Å². The minimum atomic E-state index is -0.888. The molecule has 1 atom stereocenters. The van der Waals surface area contributed by atoms with Crippen LogP contribution in [-0.2, 0) is 4.79 Å². The van der Waals surface area contributed by atoms with Crippen LogP contribution in [0.5, 0.6) is 0 Å². The second kappa shape index (κ2) is 7.30. The highest BCUT2D eigenvalue weighted by atomic mass is 35.5. The van der Waals surface area contributed by atoms with E-state index in [1.54, 1.807) is 48.5 Å². The van der Waals surface area contributed by atoms with Gasteiger partial charge in [-0.25, -0.2) is 0 Å². The molecule has 0 saturated heterocycles. The molecule has 1 heterocycles. The molecule has 0 aromatic heterocycles. The first-order valence-corrected chi connectivity index (χ1v) is 8.79. The molecule has 1 unspecified atom stereocenters. The van der Waals surface area contributed by atoms with Crippen molar-refractivity contribution in [1.82, 2.24) is 4.90 Å². The number of halogens is 1. The molecule has 0 bridgehead atoms. The van der Waals surface area contributed by atoms with Crippen molar-refractivity contribution in [2.45, 2.75) is 26.3 Å². The minimum absolute atomic E-state index is 0.120. The summed E-state index contributed by atoms with van der Waals surface area (Å²) < 4.78 is 0. The largest absolute Gasteiger partial charge is 0.324 e. The second-order valence-corrected chi connectivity index (χ2v) is 7.11. The van der Waals surface area contributed by atoms with Crippen molar-refractivity contribution in [3.8, 4) is 0 Å². The predicted molar refractivity (Wildman–Crippen MR) is 100 cm³/mol. The zero-order valence-corrected chi connectivity index (χ0v) is 15.3. The van der Waals surface area contributed by atoms with Crippen molar-refractivity contribution in [2.75, 3.05) is 5.32 Å². The van der Waals surface area contributed by atoms with Gasteiger partial charge in [0.15, 0.2) is 0 Å². The molecule has 0 radical (unpaired) electrons. The van der Waals surface area contributed by atoms with Crippen LogP contribution in [0.25, 0.3) is 0 Å². The molecule has 0 saturated carbocycles. The first kappa shape index (κ1) is 18.1. The summed E-state index contributed by atoms with van der Waals surface area (Å²) in [6, 6.07) is 12.5. The number of amides is 3. The van der Waals surface area contributed by atoms with Crippen molar-refractivity contribution in [2.24, 2.45) is 5.92 Å². The summed E-state index contributed by atoms with van der Waals surface area (Å²) in [5.41, 5.74) is 1.19. The average molecular weight is 371 g/mol. The van der Waals surface area contributed by atoms with Crippen LogP contribution in [0, 0.1) is 5.92 Å². The molecule has 2 aromatic rings. The number of benzene rings is 2. The molecule has 1 aliphatic rings. The molecule has 1 aliphatic heterocycles. The number of nitrogens with zero attached hydrogens (tertiary/aromatic N) is 1. The molecule has 5 nitrogen and oxygen atoms in total. The molecule has 3 amide bonds. The predicted octanol–water partition coefficient (Wildman–Crippen LogP) is 3.99. The topological polar surface area (TPSA) is 66.5 Å². The average Bonchev–Trinajstić information content (AvgIpc) is 2.84. The number of anilines is 1. The smallest absolute Gasteiger partial charge is 0.262 e. The number of nitrogens with one attached hydrogen (secondary N) is 1. The van der Waals surface area contributed by atoms with Crippen LogP contribution < -0.4 is 5.32 Å². The van der Waals surface area contributed by atoms with Crippen molar-refractivity contribution in [3.05, 3.63) is 64.7 Å². The molecule has 0 fully saturated rings. The fraction of sp³-hybridized carbons (Fsp3) is 0.250. The van der Waals surface area contributed by atoms with Gasteiger partial charge in [-0.05, 0) is 42.7 Å². The Labute approximate surface area is 156 Å². The Morgan fingerprint density at radius 1 is 1.04 bits per heavy atom. The van der Waals surface area contributed by atoms with E-state index in [-0.39, 0.29) is 5.92 Å². The highest BCUT2D eigenvalue weighted by Gasteiger charge is 2.42. The van der Waals surface area contributed by atoms with Gasteiger partial charge in [-0.15, -0.1) is 0 Å². The fourth-order valence-corrected chi connectivity index (χ4v) is 3.25. The number of carbonyl (C=O) groups excluding carboxylic acids is 3. The molecule has 3 rings (SSSR count). The molecule has 0 spiro atoms. The number of hydrogen-bond acceptors (Lipinski definition) is 3. The third-order valence-corrected chi connectivity index (χ3v) is 4.46. The Hall–Kier alpha value is -2.66. The van der Waals surface area contributed by atoms with E-state index in [4.69, 9.17) is 11.6 Å². The number of rotatable bonds is 5. The lowest BCUT2D eigenvalue weighted by Gasteiger charge is -2.26. The molecule has 2 aromatic carbocycles. The number of imide groups is 1. The maximum absolute atomic E-state index is 12.9. The summed E-state index contributed by atoms with van der Waals surface area (Å²) in [5.74, 6) is -1.15. The van der Waals surface area contributed by atoms with E-state index in [0.717, 1.165) is 4.90 Å². The van der Waals surface area contributed by atoms with E-state index in [2.05, 4.69) is 5.32 Å². The van der Waals surface area contributed by atoms with Gasteiger partial charge >= 0.3 is 0 Å². The van der Waals surface area contributed by atoms with Gasteiger partial charge in [0.25, 0.3) is 11.8 Å². The summed E-state index contributed by atoms with van der Waals surface area (Å²) in [6.07, 6.45) is 0.373. The summed E-state index contributed by atoms with van der Waals surface area (Å²) in [6.45, 7) is 3.88. The Bertz CT molecular complexity index is 844. The lowest BCUT2D eigenvalue weighted by atomic mass is 10.0. The molecule has 6 heteroatoms. The Morgan fingerprint density at radius 2 is 1.65 bits per heavy atom. The second-order valence-electron chi connectivity index (χ2n) is 6.67. The lowest BCUT2D eigenvalue weighted by molar-refractivity contribution is -0.120. The monoisotopic (exact) mass is 370 g/mol. The molecule has 26 heavy (non-hydrogen) atoms. The molecular formula is C20H19ClN2O3. The van der Waals surface area contributed by atoms with Crippen LogP contribution in [0.4, 0.5) is 5.69 Å². The van der Waals surface area contributed by atoms with Crippen LogP contribution in [0.1, 0.15) is 41.0 Å². The van der Waals surface area contributed by atoms with Crippen LogP contribution in [0.15, 0.2) is 48.5 Å². The van der Waals surface area contributed by atoms with Crippen LogP contribution in [0.3, 0.4) is 0 Å². The minimum Gasteiger partial charge on any atom is -0.324 e. The zero-order valence-electron chi connectivity index (χ0n) is 14.5. The Morgan fingerprint density at radius 3 is 2.19 bits per heavy atom. The molecule has 1 N–H and O–H groups in total. The normalized spacial score (nSPS) is 14.5. The maximum atomic E-state index is 12.9. The third kappa shape index (κ3) is 3.48. The van der Waals surface area contributed by atoms with Gasteiger partial charge < -0.3 is 5.32 Å². The summed E-state index contributed by atoms with van der Waals surface area (Å²) in [5, 5.41) is 3.25. The van der Waals surface area contributed by atoms with Gasteiger partial charge in [0, 0.05) is 10.7 Å². The van der Waals surface area contributed by atoms with Crippen molar-refractivity contribution >= 4 is 35.0 Å². The SMILES string of the molecule is CC(C)CC(C(=O)Nc1cccc(Cl)c1)N1C(=O)c2ccccc2C1=O. The fourth-order valence-electron chi connectivity index (χ4n) is 3.06. The van der Waals surface area contributed by atoms with E-state index in [9.17, 15) is 14.4 Å². The standard InChI is InChI=1S/C20H19ClN2O3/c1-12(2)10-17(18(24)22-14-7-5-6-13(21)11-14)23-19(25)15-8-3-4-9-16(15)20(23)26/h3-9,11-12,17H,10H2,1-2H3,(H,22,24). The zero-order chi connectivity index (χ0) is 18.8. The highest BCUT2D eigenvalue weighted by Crippen LogP contribution is 2.27. The van der Waals surface area contributed by atoms with Gasteiger partial charge in [-0.3, -0.25) is 19.3 Å². The van der Waals surface area contributed by atoms with E-state index >= 15 is 0 Å². The summed E-state index contributed by atoms with van der Waals surface area (Å²) >= 11 is 5.96. The summed E-state index contributed by atoms with van der Waals surface area (Å²) in [4.78, 5) is 39.5. The van der Waals surface area contributed by atoms with Gasteiger partial charge in [0.2, 0.25) is 5.91 Å². The highest BCUT2D eigenvalue weighted by molar-refractivity contribution is 6.31. The molecule has 134 valence electrons. The number of hydrogen-bond donors (Lipinski definition) is 1. The van der Waals surface area contributed by atoms with E-state index in [1.165, 1.54) is 0 Å². The van der Waals surface area contributed by atoms with Gasteiger partial charge in [0.05, 0.1) is 11.1 Å². The number of fused-ring (bicyclic) bond motifs is 1. The van der Waals surface area contributed by atoms with Crippen molar-refractivity contribution in [3.63, 3.8) is 0 Å². The third-order valence-electron chi connectivity index (χ3n) is 4.23. The van der Waals surface area contributed by atoms with Crippen LogP contribution >= 0.6 is 11.6 Å². The number of carbonyl (C=O) groups is 3. The Balaban J connectivity index is 1.90. The van der Waals surface area contributed by atoms with E-state index in [1.807, 2.05) is 13.8 Å². The molecular weight excluding hydrogens is 352 g/mol. The quantitative estimate of drug-likeness (QED) is 0.809. The molecule has 0 aliphatic carbocycles.